The van der Waals surface area contributed by atoms with Crippen molar-refractivity contribution in [1.29, 1.82) is 0 Å². The maximum Gasteiger partial charge on any atom is 0.288 e. The summed E-state index contributed by atoms with van der Waals surface area (Å²) in [4.78, 5) is 15.2. The van der Waals surface area contributed by atoms with Gasteiger partial charge in [-0.1, -0.05) is 0 Å². The third-order valence-electron chi connectivity index (χ3n) is 5.51. The van der Waals surface area contributed by atoms with Crippen LogP contribution in [0.4, 0.5) is 0 Å². The van der Waals surface area contributed by atoms with Crippen LogP contribution in [0.25, 0.3) is 0 Å². The molecule has 0 spiro atoms. The van der Waals surface area contributed by atoms with Crippen molar-refractivity contribution in [3.05, 3.63) is 34.2 Å². The zero-order valence-corrected chi connectivity index (χ0v) is 20.5. The molecule has 0 aliphatic carbocycles. The van der Waals surface area contributed by atoms with E-state index in [4.69, 9.17) is 33.5 Å². The van der Waals surface area contributed by atoms with Gasteiger partial charge in [0.2, 0.25) is 6.29 Å². The van der Waals surface area contributed by atoms with E-state index >= 15 is 0 Å². The lowest BCUT2D eigenvalue weighted by Gasteiger charge is -2.31. The fraction of sp³-hybridized carbons (Fsp3) is 0.708. The van der Waals surface area contributed by atoms with Crippen LogP contribution in [0, 0.1) is 0 Å². The Morgan fingerprint density at radius 3 is 2.24 bits per heavy atom. The first-order chi connectivity index (χ1) is 16.8. The molecule has 1 fully saturated rings. The highest BCUT2D eigenvalue weighted by Crippen LogP contribution is 2.33. The number of amides is 1. The maximum atomic E-state index is 13.5. The van der Waals surface area contributed by atoms with Crippen LogP contribution in [0.1, 0.15) is 30.7 Å². The van der Waals surface area contributed by atoms with Gasteiger partial charge in [0, 0.05) is 32.0 Å². The van der Waals surface area contributed by atoms with E-state index in [2.05, 4.69) is 11.4 Å². The topological polar surface area (TPSA) is 95.9 Å². The van der Waals surface area contributed by atoms with Crippen LogP contribution in [0.5, 0.6) is 0 Å². The van der Waals surface area contributed by atoms with Gasteiger partial charge >= 0.3 is 0 Å². The number of carbonyl (C=O) groups excluding carboxylic acids is 1. The number of nitrogens with zero attached hydrogens (tertiary/aromatic N) is 1. The normalized spacial score (nSPS) is 23.9. The zero-order valence-electron chi connectivity index (χ0n) is 19.7. The Hall–Kier alpha value is -1.53. The minimum atomic E-state index is -0.516. The first kappa shape index (κ1) is 27.1. The smallest absolute Gasteiger partial charge is 0.288 e. The van der Waals surface area contributed by atoms with Crippen LogP contribution in [-0.4, -0.2) is 101 Å². The summed E-state index contributed by atoms with van der Waals surface area (Å²) in [6.07, 6.45) is 3.43. The molecule has 3 heterocycles. The van der Waals surface area contributed by atoms with Gasteiger partial charge in [0.05, 0.1) is 59.5 Å². The minimum absolute atomic E-state index is 0.0343. The second kappa shape index (κ2) is 16.2. The van der Waals surface area contributed by atoms with Crippen LogP contribution in [0.15, 0.2) is 28.7 Å². The molecular weight excluding hydrogens is 462 g/mol. The molecule has 192 valence electrons. The molecule has 2 unspecified atom stereocenters. The fourth-order valence-corrected chi connectivity index (χ4v) is 4.36. The molecule has 10 heteroatoms. The Morgan fingerprint density at radius 2 is 1.65 bits per heavy atom. The van der Waals surface area contributed by atoms with Crippen molar-refractivity contribution in [2.75, 3.05) is 79.2 Å². The average molecular weight is 500 g/mol. The molecule has 0 bridgehead atoms. The van der Waals surface area contributed by atoms with Crippen LogP contribution in [0.3, 0.4) is 0 Å². The lowest BCUT2D eigenvalue weighted by atomic mass is 9.95. The molecule has 2 atom stereocenters. The number of aliphatic hydroxyl groups excluding tert-OH is 1. The lowest BCUT2D eigenvalue weighted by molar-refractivity contribution is -0.153. The highest BCUT2D eigenvalue weighted by Gasteiger charge is 2.31. The summed E-state index contributed by atoms with van der Waals surface area (Å²) in [6.45, 7) is 5.17. The Labute approximate surface area is 205 Å². The predicted molar refractivity (Wildman–Crippen MR) is 127 cm³/mol. The molecule has 0 aromatic carbocycles. The van der Waals surface area contributed by atoms with Crippen molar-refractivity contribution in [1.82, 2.24) is 4.90 Å². The van der Waals surface area contributed by atoms with E-state index < -0.39 is 6.29 Å². The van der Waals surface area contributed by atoms with E-state index in [1.165, 1.54) is 0 Å². The van der Waals surface area contributed by atoms with Gasteiger partial charge < -0.3 is 38.4 Å². The van der Waals surface area contributed by atoms with Crippen molar-refractivity contribution in [3.8, 4) is 0 Å². The Bertz CT molecular complexity index is 698. The predicted octanol–water partition coefficient (Wildman–Crippen LogP) is 2.16. The molecule has 0 radical (unpaired) electrons. The van der Waals surface area contributed by atoms with Gasteiger partial charge in [-0.3, -0.25) is 4.79 Å². The summed E-state index contributed by atoms with van der Waals surface area (Å²) in [7, 11) is 0. The summed E-state index contributed by atoms with van der Waals surface area (Å²) in [5.41, 5.74) is 1.14. The van der Waals surface area contributed by atoms with Crippen molar-refractivity contribution >= 4 is 17.2 Å². The first-order valence-electron chi connectivity index (χ1n) is 12.0. The van der Waals surface area contributed by atoms with Gasteiger partial charge in [-0.15, -0.1) is 0 Å². The quantitative estimate of drug-likeness (QED) is 0.571. The highest BCUT2D eigenvalue weighted by atomic mass is 32.1. The van der Waals surface area contributed by atoms with Crippen molar-refractivity contribution < 1.29 is 38.3 Å². The number of aliphatic hydroxyl groups is 1. The molecule has 3 rings (SSSR count). The number of thiophene rings is 1. The number of carbonyl (C=O) groups is 1. The Kier molecular flexibility index (Phi) is 12.9. The van der Waals surface area contributed by atoms with Crippen LogP contribution in [0.2, 0.25) is 0 Å². The van der Waals surface area contributed by atoms with Gasteiger partial charge in [-0.25, -0.2) is 0 Å². The largest absolute Gasteiger partial charge is 0.459 e. The summed E-state index contributed by atoms with van der Waals surface area (Å²) >= 11 is 1.63. The van der Waals surface area contributed by atoms with Crippen LogP contribution >= 0.6 is 11.3 Å². The van der Waals surface area contributed by atoms with Gasteiger partial charge in [0.25, 0.3) is 5.91 Å². The molecule has 0 saturated carbocycles. The number of allylic oxidation sites excluding steroid dienone is 1. The highest BCUT2D eigenvalue weighted by molar-refractivity contribution is 7.08. The first-order valence-corrected chi connectivity index (χ1v) is 13.0. The van der Waals surface area contributed by atoms with E-state index in [0.29, 0.717) is 91.2 Å². The monoisotopic (exact) mass is 499 g/mol. The fourth-order valence-electron chi connectivity index (χ4n) is 3.64. The van der Waals surface area contributed by atoms with Gasteiger partial charge in [0.15, 0.2) is 5.76 Å². The summed E-state index contributed by atoms with van der Waals surface area (Å²) < 4.78 is 34.1. The molecule has 1 amide bonds. The van der Waals surface area contributed by atoms with Gasteiger partial charge in [-0.2, -0.15) is 11.3 Å². The van der Waals surface area contributed by atoms with E-state index in [1.54, 1.807) is 16.2 Å². The van der Waals surface area contributed by atoms with Crippen molar-refractivity contribution in [2.24, 2.45) is 0 Å². The molecule has 2 aliphatic rings. The minimum Gasteiger partial charge on any atom is -0.459 e. The second-order valence-electron chi connectivity index (χ2n) is 8.02. The summed E-state index contributed by atoms with van der Waals surface area (Å²) in [5, 5.41) is 13.1. The molecule has 1 saturated heterocycles. The summed E-state index contributed by atoms with van der Waals surface area (Å²) in [5.74, 6) is 0.124. The molecule has 2 aliphatic heterocycles. The second-order valence-corrected chi connectivity index (χ2v) is 8.80. The van der Waals surface area contributed by atoms with E-state index in [0.717, 1.165) is 12.0 Å². The summed E-state index contributed by atoms with van der Waals surface area (Å²) in [6, 6.07) is 2.07. The standard InChI is InChI=1S/C24H37NO8S/c26-6-1-2-7-32-23-18-21(20-3-16-34-19-20)17-22(33-23)24(27)25-4-8-28-10-12-30-14-15-31-13-11-29-9-5-25/h3,16-17,19,21,23,26H,1-2,4-15,18H2. The Morgan fingerprint density at radius 1 is 1.00 bits per heavy atom. The molecule has 1 aromatic rings. The lowest BCUT2D eigenvalue weighted by Crippen LogP contribution is -2.40. The maximum absolute atomic E-state index is 13.5. The van der Waals surface area contributed by atoms with E-state index in [-0.39, 0.29) is 18.4 Å². The number of hydrogen-bond acceptors (Lipinski definition) is 9. The third-order valence-corrected chi connectivity index (χ3v) is 6.21. The average Bonchev–Trinajstić information content (AvgIpc) is 3.39. The number of rotatable bonds is 7. The number of unbranched alkanes of at least 4 members (excludes halogenated alkanes) is 1. The van der Waals surface area contributed by atoms with Crippen LogP contribution in [-0.2, 0) is 33.2 Å². The van der Waals surface area contributed by atoms with Crippen molar-refractivity contribution in [3.63, 3.8) is 0 Å². The van der Waals surface area contributed by atoms with E-state index in [1.807, 2.05) is 11.5 Å². The van der Waals surface area contributed by atoms with Gasteiger partial charge in [-0.05, 0) is 41.3 Å². The molecule has 34 heavy (non-hydrogen) atoms. The van der Waals surface area contributed by atoms with E-state index in [9.17, 15) is 4.79 Å². The third kappa shape index (κ3) is 9.61. The Balaban J connectivity index is 1.64. The molecule has 1 N–H and O–H groups in total. The molecule has 9 nitrogen and oxygen atoms in total. The van der Waals surface area contributed by atoms with Gasteiger partial charge in [0.1, 0.15) is 0 Å². The van der Waals surface area contributed by atoms with Crippen molar-refractivity contribution in [2.45, 2.75) is 31.5 Å². The van der Waals surface area contributed by atoms with Crippen LogP contribution < -0.4 is 0 Å². The SMILES string of the molecule is O=C(C1=CC(c2ccsc2)CC(OCCCCO)O1)N1CCOCCOCCOCCOCC1. The number of hydrogen-bond donors (Lipinski definition) is 1. The zero-order chi connectivity index (χ0) is 23.8. The number of ether oxygens (including phenoxy) is 6. The molecular formula is C24H37NO8S. The molecule has 1 aromatic heterocycles.